The van der Waals surface area contributed by atoms with Crippen molar-refractivity contribution >= 4 is 79.4 Å². The summed E-state index contributed by atoms with van der Waals surface area (Å²) in [6, 6.07) is 44.9. The largest absolute Gasteiger partial charge is 0.468 e. The highest BCUT2D eigenvalue weighted by Gasteiger charge is 2.47. The van der Waals surface area contributed by atoms with E-state index in [4.69, 9.17) is 8.83 Å². The number of aryl methyl sites for hydroxylation is 2. The first-order valence-corrected chi connectivity index (χ1v) is 21.1. The van der Waals surface area contributed by atoms with Crippen molar-refractivity contribution in [3.05, 3.63) is 149 Å². The van der Waals surface area contributed by atoms with Gasteiger partial charge in [0, 0.05) is 39.1 Å². The van der Waals surface area contributed by atoms with E-state index in [9.17, 15) is 0 Å². The third kappa shape index (κ3) is 5.87. The zero-order valence-corrected chi connectivity index (χ0v) is 36.3. The van der Waals surface area contributed by atoms with Crippen molar-refractivity contribution in [2.75, 3.05) is 9.80 Å². The standard InChI is InChI=1S/C54H53BN2O2/c1-32-27-38(54(9,10)11)28-33(2)49(32)57-43-17-14-16-42-48(43)55(51-50(57)40-31-37(53(6,7)8)22-26-46(40)59-51)41-25-19-35(47-30-34-15-12-13-18-45(34)58-47)29-44(41)56(42)39-23-20-36(21-24-39)52(3,4)5/h12-31H,1-11H3. The van der Waals surface area contributed by atoms with Gasteiger partial charge in [0.25, 0.3) is 6.71 Å². The van der Waals surface area contributed by atoms with Crippen LogP contribution in [-0.2, 0) is 16.2 Å². The maximum Gasteiger partial charge on any atom is 0.297 e. The number of nitrogens with zero attached hydrogens (tertiary/aromatic N) is 2. The number of hydrogen-bond acceptors (Lipinski definition) is 4. The summed E-state index contributed by atoms with van der Waals surface area (Å²) in [4.78, 5) is 5.00. The topological polar surface area (TPSA) is 32.8 Å². The normalized spacial score (nSPS) is 13.9. The highest BCUT2D eigenvalue weighted by atomic mass is 16.3. The van der Waals surface area contributed by atoms with Crippen molar-refractivity contribution in [2.24, 2.45) is 0 Å². The fourth-order valence-electron chi connectivity index (χ4n) is 9.52. The second-order valence-corrected chi connectivity index (χ2v) is 20.0. The molecular formula is C54H53BN2O2. The molecule has 5 heteroatoms. The molecule has 0 saturated carbocycles. The molecule has 0 radical (unpaired) electrons. The van der Waals surface area contributed by atoms with Crippen molar-refractivity contribution in [1.82, 2.24) is 0 Å². The molecule has 0 N–H and O–H groups in total. The lowest BCUT2D eigenvalue weighted by Crippen LogP contribution is -2.61. The smallest absolute Gasteiger partial charge is 0.297 e. The van der Waals surface area contributed by atoms with E-state index in [1.54, 1.807) is 0 Å². The van der Waals surface area contributed by atoms with E-state index >= 15 is 0 Å². The molecule has 0 bridgehead atoms. The second kappa shape index (κ2) is 12.8. The van der Waals surface area contributed by atoms with Crippen LogP contribution in [-0.4, -0.2) is 6.71 Å². The summed E-state index contributed by atoms with van der Waals surface area (Å²) >= 11 is 0. The van der Waals surface area contributed by atoms with Gasteiger partial charge in [0.05, 0.1) is 17.0 Å². The molecule has 0 aliphatic carbocycles. The Kier molecular flexibility index (Phi) is 8.09. The molecule has 59 heavy (non-hydrogen) atoms. The van der Waals surface area contributed by atoms with E-state index in [0.29, 0.717) is 0 Å². The van der Waals surface area contributed by atoms with E-state index in [0.717, 1.165) is 61.7 Å². The van der Waals surface area contributed by atoms with Crippen molar-refractivity contribution in [3.63, 3.8) is 0 Å². The number of para-hydroxylation sites is 1. The minimum atomic E-state index is -0.141. The molecule has 0 fully saturated rings. The summed E-state index contributed by atoms with van der Waals surface area (Å²) in [5.74, 6) is 0.857. The summed E-state index contributed by atoms with van der Waals surface area (Å²) in [6.45, 7) is 25.0. The summed E-state index contributed by atoms with van der Waals surface area (Å²) in [5, 5.41) is 2.24. The minimum Gasteiger partial charge on any atom is -0.468 e. The molecule has 2 aromatic heterocycles. The Hall–Kier alpha value is -5.94. The number of rotatable bonds is 3. The van der Waals surface area contributed by atoms with Gasteiger partial charge in [-0.3, -0.25) is 0 Å². The van der Waals surface area contributed by atoms with Crippen molar-refractivity contribution < 1.29 is 8.83 Å². The number of furan rings is 2. The van der Waals surface area contributed by atoms with E-state index in [1.165, 1.54) is 50.1 Å². The Morgan fingerprint density at radius 2 is 1.14 bits per heavy atom. The molecule has 294 valence electrons. The van der Waals surface area contributed by atoms with Crippen LogP contribution in [0.15, 0.2) is 130 Å². The molecule has 0 spiro atoms. The number of hydrogen-bond donors (Lipinski definition) is 0. The van der Waals surface area contributed by atoms with Gasteiger partial charge < -0.3 is 18.6 Å². The summed E-state index contributed by atoms with van der Waals surface area (Å²) in [5.41, 5.74) is 19.6. The molecule has 4 heterocycles. The predicted octanol–water partition coefficient (Wildman–Crippen LogP) is 13.4. The maximum atomic E-state index is 7.24. The second-order valence-electron chi connectivity index (χ2n) is 20.0. The Balaban J connectivity index is 1.28. The van der Waals surface area contributed by atoms with Gasteiger partial charge in [0.15, 0.2) is 0 Å². The monoisotopic (exact) mass is 772 g/mol. The van der Waals surface area contributed by atoms with Crippen molar-refractivity contribution in [1.29, 1.82) is 0 Å². The predicted molar refractivity (Wildman–Crippen MR) is 251 cm³/mol. The van der Waals surface area contributed by atoms with Gasteiger partial charge in [-0.25, -0.2) is 0 Å². The number of benzene rings is 6. The van der Waals surface area contributed by atoms with Gasteiger partial charge in [0.1, 0.15) is 16.9 Å². The van der Waals surface area contributed by atoms with E-state index in [1.807, 2.05) is 12.1 Å². The quantitative estimate of drug-likeness (QED) is 0.167. The molecule has 8 aromatic rings. The molecule has 0 unspecified atom stereocenters. The Labute approximate surface area is 349 Å². The highest BCUT2D eigenvalue weighted by molar-refractivity contribution is 7.00. The number of fused-ring (bicyclic) bond motifs is 7. The van der Waals surface area contributed by atoms with Gasteiger partial charge in [0.2, 0.25) is 0 Å². The molecule has 4 nitrogen and oxygen atoms in total. The van der Waals surface area contributed by atoms with Gasteiger partial charge in [-0.1, -0.05) is 129 Å². The van der Waals surface area contributed by atoms with Crippen LogP contribution in [0.5, 0.6) is 0 Å². The van der Waals surface area contributed by atoms with Crippen LogP contribution in [0.3, 0.4) is 0 Å². The van der Waals surface area contributed by atoms with Crippen LogP contribution < -0.4 is 26.4 Å². The average Bonchev–Trinajstić information content (AvgIpc) is 3.79. The summed E-state index contributed by atoms with van der Waals surface area (Å²) in [7, 11) is 0. The SMILES string of the molecule is Cc1cc(C(C)(C)C)cc(C)c1N1c2cccc3c2B(c2ccc(-c4cc5ccccc5o4)cc2N3c2ccc(C(C)(C)C)cc2)c2oc3ccc(C(C)(C)C)cc3c21. The van der Waals surface area contributed by atoms with Gasteiger partial charge in [-0.05, 0) is 123 Å². The van der Waals surface area contributed by atoms with Crippen molar-refractivity contribution in [2.45, 2.75) is 92.4 Å². The molecular weight excluding hydrogens is 719 g/mol. The third-order valence-corrected chi connectivity index (χ3v) is 12.7. The summed E-state index contributed by atoms with van der Waals surface area (Å²) in [6.07, 6.45) is 0. The Bertz CT molecular complexity index is 2920. The molecule has 0 saturated heterocycles. The van der Waals surface area contributed by atoms with Gasteiger partial charge in [-0.2, -0.15) is 0 Å². The molecule has 10 rings (SSSR count). The van der Waals surface area contributed by atoms with E-state index in [2.05, 4.69) is 195 Å². The van der Waals surface area contributed by atoms with Crippen LogP contribution >= 0.6 is 0 Å². The Morgan fingerprint density at radius 3 is 1.80 bits per heavy atom. The van der Waals surface area contributed by atoms with Crippen molar-refractivity contribution in [3.8, 4) is 11.3 Å². The first kappa shape index (κ1) is 37.3. The van der Waals surface area contributed by atoms with Crippen LogP contribution in [0.1, 0.15) is 90.1 Å². The van der Waals surface area contributed by atoms with Crippen LogP contribution in [0.25, 0.3) is 33.3 Å². The zero-order chi connectivity index (χ0) is 41.3. The third-order valence-electron chi connectivity index (χ3n) is 12.7. The van der Waals surface area contributed by atoms with E-state index in [-0.39, 0.29) is 23.0 Å². The molecule has 0 amide bonds. The lowest BCUT2D eigenvalue weighted by molar-refractivity contribution is 0.589. The lowest BCUT2D eigenvalue weighted by atomic mass is 9.35. The fourth-order valence-corrected chi connectivity index (χ4v) is 9.52. The summed E-state index contributed by atoms with van der Waals surface area (Å²) < 4.78 is 13.7. The highest BCUT2D eigenvalue weighted by Crippen LogP contribution is 2.49. The van der Waals surface area contributed by atoms with Crippen LogP contribution in [0, 0.1) is 13.8 Å². The zero-order valence-electron chi connectivity index (χ0n) is 36.3. The number of anilines is 6. The molecule has 6 aromatic carbocycles. The lowest BCUT2D eigenvalue weighted by Gasteiger charge is -2.43. The maximum absolute atomic E-state index is 7.24. The molecule has 0 atom stereocenters. The van der Waals surface area contributed by atoms with Crippen LogP contribution in [0.2, 0.25) is 0 Å². The first-order valence-electron chi connectivity index (χ1n) is 21.1. The first-order chi connectivity index (χ1) is 28.0. The molecule has 2 aliphatic rings. The Morgan fingerprint density at radius 1 is 0.492 bits per heavy atom. The average molecular weight is 773 g/mol. The molecule has 2 aliphatic heterocycles. The van der Waals surface area contributed by atoms with E-state index < -0.39 is 0 Å². The van der Waals surface area contributed by atoms with Gasteiger partial charge in [-0.15, -0.1) is 0 Å². The van der Waals surface area contributed by atoms with Crippen LogP contribution in [0.4, 0.5) is 34.1 Å². The van der Waals surface area contributed by atoms with Gasteiger partial charge >= 0.3 is 0 Å². The minimum absolute atomic E-state index is 0.0238. The fraction of sp³-hybridized carbons (Fsp3) is 0.259.